The van der Waals surface area contributed by atoms with E-state index in [1.165, 1.54) is 51.4 Å². The summed E-state index contributed by atoms with van der Waals surface area (Å²) in [5.41, 5.74) is 0. The van der Waals surface area contributed by atoms with Crippen LogP contribution >= 0.6 is 0 Å². The van der Waals surface area contributed by atoms with Crippen molar-refractivity contribution in [3.8, 4) is 0 Å². The van der Waals surface area contributed by atoms with E-state index in [0.717, 1.165) is 32.3 Å². The van der Waals surface area contributed by atoms with Gasteiger partial charge < -0.3 is 4.74 Å². The summed E-state index contributed by atoms with van der Waals surface area (Å²) < 4.78 is 5.77. The van der Waals surface area contributed by atoms with Gasteiger partial charge in [0.1, 0.15) is 5.78 Å². The number of hydrogen-bond donors (Lipinski definition) is 0. The molecule has 3 atom stereocenters. The fourth-order valence-corrected chi connectivity index (χ4v) is 3.35. The first kappa shape index (κ1) is 19.7. The van der Waals surface area contributed by atoms with E-state index in [0.29, 0.717) is 23.7 Å². The summed E-state index contributed by atoms with van der Waals surface area (Å²) in [5, 5.41) is 0. The summed E-state index contributed by atoms with van der Waals surface area (Å²) >= 11 is 0. The maximum Gasteiger partial charge on any atom is 0.133 e. The number of carbonyl (C=O) groups excluding carboxylic acids is 1. The Bertz CT molecular complexity index is 287. The molecule has 0 aromatic rings. The first-order valence-corrected chi connectivity index (χ1v) is 9.78. The minimum absolute atomic E-state index is 0.321. The molecular weight excluding hydrogens is 272 g/mol. The van der Waals surface area contributed by atoms with Crippen molar-refractivity contribution in [3.63, 3.8) is 0 Å². The molecule has 0 spiro atoms. The molecule has 1 fully saturated rings. The zero-order chi connectivity index (χ0) is 16.2. The first-order valence-electron chi connectivity index (χ1n) is 9.78. The number of rotatable bonds is 13. The molecule has 130 valence electrons. The highest BCUT2D eigenvalue weighted by Gasteiger charge is 2.30. The Balaban J connectivity index is 1.89. The topological polar surface area (TPSA) is 26.3 Å². The molecule has 1 aliphatic heterocycles. The molecule has 2 unspecified atom stereocenters. The molecule has 0 aliphatic carbocycles. The molecular formula is C20H38O2. The van der Waals surface area contributed by atoms with Gasteiger partial charge in [-0.25, -0.2) is 0 Å². The minimum Gasteiger partial charge on any atom is -0.378 e. The smallest absolute Gasteiger partial charge is 0.133 e. The van der Waals surface area contributed by atoms with Crippen LogP contribution in [0.1, 0.15) is 97.8 Å². The molecule has 0 amide bonds. The molecule has 1 heterocycles. The Morgan fingerprint density at radius 2 is 1.50 bits per heavy atom. The van der Waals surface area contributed by atoms with Crippen molar-refractivity contribution in [2.45, 2.75) is 104 Å². The van der Waals surface area contributed by atoms with E-state index in [1.54, 1.807) is 0 Å². The highest BCUT2D eigenvalue weighted by molar-refractivity contribution is 5.78. The zero-order valence-electron chi connectivity index (χ0n) is 15.2. The van der Waals surface area contributed by atoms with E-state index >= 15 is 0 Å². The second-order valence-corrected chi connectivity index (χ2v) is 7.36. The van der Waals surface area contributed by atoms with Gasteiger partial charge in [-0.3, -0.25) is 4.79 Å². The number of ketones is 1. The van der Waals surface area contributed by atoms with Crippen molar-refractivity contribution < 1.29 is 9.53 Å². The lowest BCUT2D eigenvalue weighted by Gasteiger charge is -2.15. The Morgan fingerprint density at radius 3 is 2.05 bits per heavy atom. The molecule has 0 bridgehead atoms. The van der Waals surface area contributed by atoms with Gasteiger partial charge in [0.25, 0.3) is 0 Å². The van der Waals surface area contributed by atoms with Crippen LogP contribution < -0.4 is 0 Å². The molecule has 0 radical (unpaired) electrons. The summed E-state index contributed by atoms with van der Waals surface area (Å²) in [6, 6.07) is 0. The monoisotopic (exact) mass is 310 g/mol. The fraction of sp³-hybridized carbons (Fsp3) is 0.950. The van der Waals surface area contributed by atoms with Crippen molar-refractivity contribution >= 4 is 5.78 Å². The van der Waals surface area contributed by atoms with Crippen LogP contribution in [-0.4, -0.2) is 18.5 Å². The Hall–Kier alpha value is -0.370. The van der Waals surface area contributed by atoms with E-state index in [2.05, 4.69) is 20.8 Å². The minimum atomic E-state index is 0.321. The van der Waals surface area contributed by atoms with E-state index < -0.39 is 0 Å². The predicted molar refractivity (Wildman–Crippen MR) is 94.2 cm³/mol. The summed E-state index contributed by atoms with van der Waals surface area (Å²) in [6.45, 7) is 7.64. The summed E-state index contributed by atoms with van der Waals surface area (Å²) in [5.74, 6) is 1.70. The first-order chi connectivity index (χ1) is 10.6. The normalized spacial score (nSPS) is 24.8. The molecule has 2 nitrogen and oxygen atoms in total. The SMILES string of the molecule is CCCCCCCCCCCC(=O)CCC1OCC(C)[C@@H]1C. The van der Waals surface area contributed by atoms with Crippen LogP contribution in [-0.2, 0) is 9.53 Å². The van der Waals surface area contributed by atoms with Crippen LogP contribution in [0.2, 0.25) is 0 Å². The van der Waals surface area contributed by atoms with Crippen LogP contribution in [0.4, 0.5) is 0 Å². The van der Waals surface area contributed by atoms with Crippen LogP contribution in [0.25, 0.3) is 0 Å². The second kappa shape index (κ2) is 12.1. The predicted octanol–water partition coefficient (Wildman–Crippen LogP) is 5.93. The fourth-order valence-electron chi connectivity index (χ4n) is 3.35. The number of ether oxygens (including phenoxy) is 1. The van der Waals surface area contributed by atoms with Gasteiger partial charge in [0.15, 0.2) is 0 Å². The van der Waals surface area contributed by atoms with Crippen LogP contribution in [0.3, 0.4) is 0 Å². The molecule has 1 aliphatic rings. The van der Waals surface area contributed by atoms with Gasteiger partial charge in [-0.15, -0.1) is 0 Å². The van der Waals surface area contributed by atoms with E-state index in [-0.39, 0.29) is 0 Å². The maximum atomic E-state index is 11.9. The van der Waals surface area contributed by atoms with Crippen molar-refractivity contribution in [2.75, 3.05) is 6.61 Å². The average molecular weight is 311 g/mol. The lowest BCUT2D eigenvalue weighted by atomic mass is 9.91. The molecule has 0 saturated carbocycles. The Kier molecular flexibility index (Phi) is 10.8. The number of hydrogen-bond acceptors (Lipinski definition) is 2. The van der Waals surface area contributed by atoms with Gasteiger partial charge >= 0.3 is 0 Å². The van der Waals surface area contributed by atoms with Gasteiger partial charge in [0, 0.05) is 19.4 Å². The number of carbonyl (C=O) groups is 1. The highest BCUT2D eigenvalue weighted by atomic mass is 16.5. The third kappa shape index (κ3) is 8.31. The Morgan fingerprint density at radius 1 is 0.909 bits per heavy atom. The molecule has 22 heavy (non-hydrogen) atoms. The largest absolute Gasteiger partial charge is 0.378 e. The number of unbranched alkanes of at least 4 members (excludes halogenated alkanes) is 8. The van der Waals surface area contributed by atoms with Crippen LogP contribution in [0.5, 0.6) is 0 Å². The molecule has 1 saturated heterocycles. The maximum absolute atomic E-state index is 11.9. The van der Waals surface area contributed by atoms with E-state index in [1.807, 2.05) is 0 Å². The summed E-state index contributed by atoms with van der Waals surface area (Å²) in [7, 11) is 0. The van der Waals surface area contributed by atoms with Crippen molar-refractivity contribution in [2.24, 2.45) is 11.8 Å². The Labute approximate surface area is 138 Å². The molecule has 0 aromatic heterocycles. The molecule has 0 N–H and O–H groups in total. The summed E-state index contributed by atoms with van der Waals surface area (Å²) in [6.07, 6.45) is 14.6. The van der Waals surface area contributed by atoms with E-state index in [9.17, 15) is 4.79 Å². The van der Waals surface area contributed by atoms with Gasteiger partial charge in [-0.2, -0.15) is 0 Å². The van der Waals surface area contributed by atoms with Gasteiger partial charge in [-0.1, -0.05) is 72.1 Å². The van der Waals surface area contributed by atoms with Gasteiger partial charge in [0.2, 0.25) is 0 Å². The second-order valence-electron chi connectivity index (χ2n) is 7.36. The highest BCUT2D eigenvalue weighted by Crippen LogP contribution is 2.29. The van der Waals surface area contributed by atoms with Crippen molar-refractivity contribution in [1.29, 1.82) is 0 Å². The third-order valence-electron chi connectivity index (χ3n) is 5.32. The zero-order valence-corrected chi connectivity index (χ0v) is 15.2. The lowest BCUT2D eigenvalue weighted by Crippen LogP contribution is -2.17. The third-order valence-corrected chi connectivity index (χ3v) is 5.32. The van der Waals surface area contributed by atoms with Crippen molar-refractivity contribution in [1.82, 2.24) is 0 Å². The molecule has 1 rings (SSSR count). The quantitative estimate of drug-likeness (QED) is 0.394. The average Bonchev–Trinajstić information content (AvgIpc) is 2.83. The number of Topliss-reactive ketones (excluding diaryl/α,β-unsaturated/α-hetero) is 1. The lowest BCUT2D eigenvalue weighted by molar-refractivity contribution is -0.119. The standard InChI is InChI=1S/C20H38O2/c1-4-5-6-7-8-9-10-11-12-13-19(21)14-15-20-18(3)17(2)16-22-20/h17-18,20H,4-16H2,1-3H3/t17?,18-,20?/m0/s1. The van der Waals surface area contributed by atoms with Gasteiger partial charge in [-0.05, 0) is 24.7 Å². The molecule has 2 heteroatoms. The molecule has 0 aromatic carbocycles. The van der Waals surface area contributed by atoms with Crippen LogP contribution in [0, 0.1) is 11.8 Å². The summed E-state index contributed by atoms with van der Waals surface area (Å²) in [4.78, 5) is 11.9. The van der Waals surface area contributed by atoms with Crippen LogP contribution in [0.15, 0.2) is 0 Å². The van der Waals surface area contributed by atoms with Crippen molar-refractivity contribution in [3.05, 3.63) is 0 Å². The van der Waals surface area contributed by atoms with Gasteiger partial charge in [0.05, 0.1) is 6.10 Å². The van der Waals surface area contributed by atoms with E-state index in [4.69, 9.17) is 4.74 Å².